The number of piperazine rings is 1. The van der Waals surface area contributed by atoms with Crippen LogP contribution in [0, 0.1) is 0 Å². The van der Waals surface area contributed by atoms with Crippen molar-refractivity contribution in [1.82, 2.24) is 14.7 Å². The van der Waals surface area contributed by atoms with Crippen LogP contribution in [0.2, 0.25) is 5.02 Å². The number of aromatic nitrogens is 2. The first-order valence-electron chi connectivity index (χ1n) is 8.05. The van der Waals surface area contributed by atoms with E-state index in [1.54, 1.807) is 7.05 Å². The molecule has 0 bridgehead atoms. The normalized spacial score (nSPS) is 14.8. The number of benzene rings is 1. The summed E-state index contributed by atoms with van der Waals surface area (Å²) in [6.07, 6.45) is 1.50. The van der Waals surface area contributed by atoms with Crippen molar-refractivity contribution in [3.63, 3.8) is 0 Å². The summed E-state index contributed by atoms with van der Waals surface area (Å²) < 4.78 is 7.23. The minimum absolute atomic E-state index is 0.0715. The number of aryl methyl sites for hydroxylation is 1. The topological polar surface area (TPSA) is 50.6 Å². The lowest BCUT2D eigenvalue weighted by Gasteiger charge is -2.36. The van der Waals surface area contributed by atoms with Crippen LogP contribution >= 0.6 is 11.6 Å². The lowest BCUT2D eigenvalue weighted by molar-refractivity contribution is 0.0736. The van der Waals surface area contributed by atoms with Gasteiger partial charge in [0.1, 0.15) is 11.4 Å². The highest BCUT2D eigenvalue weighted by molar-refractivity contribution is 6.33. The van der Waals surface area contributed by atoms with Gasteiger partial charge < -0.3 is 14.5 Å². The third-order valence-electron chi connectivity index (χ3n) is 4.17. The van der Waals surface area contributed by atoms with Crippen LogP contribution < -0.4 is 9.64 Å². The Hall–Kier alpha value is -2.21. The van der Waals surface area contributed by atoms with Crippen molar-refractivity contribution in [2.75, 3.05) is 37.7 Å². The van der Waals surface area contributed by atoms with E-state index in [1.807, 2.05) is 30.0 Å². The van der Waals surface area contributed by atoms with Crippen molar-refractivity contribution in [2.45, 2.75) is 6.92 Å². The summed E-state index contributed by atoms with van der Waals surface area (Å²) in [5.41, 5.74) is 1.52. The zero-order valence-corrected chi connectivity index (χ0v) is 14.7. The van der Waals surface area contributed by atoms with E-state index in [9.17, 15) is 4.79 Å². The molecule has 0 saturated carbocycles. The van der Waals surface area contributed by atoms with Crippen LogP contribution in [0.5, 0.6) is 5.75 Å². The Morgan fingerprint density at radius 2 is 1.96 bits per heavy atom. The van der Waals surface area contributed by atoms with Gasteiger partial charge in [0.15, 0.2) is 0 Å². The first-order valence-corrected chi connectivity index (χ1v) is 8.43. The third-order valence-corrected chi connectivity index (χ3v) is 4.45. The second-order valence-corrected chi connectivity index (χ2v) is 6.05. The van der Waals surface area contributed by atoms with Gasteiger partial charge in [-0.15, -0.1) is 0 Å². The summed E-state index contributed by atoms with van der Waals surface area (Å²) in [4.78, 5) is 16.7. The largest absolute Gasteiger partial charge is 0.492 e. The van der Waals surface area contributed by atoms with Crippen LogP contribution in [0.1, 0.15) is 17.4 Å². The second-order valence-electron chi connectivity index (χ2n) is 5.64. The number of hydrogen-bond acceptors (Lipinski definition) is 4. The van der Waals surface area contributed by atoms with E-state index in [2.05, 4.69) is 16.1 Å². The summed E-state index contributed by atoms with van der Waals surface area (Å²) in [5.74, 6) is 0.812. The van der Waals surface area contributed by atoms with Crippen molar-refractivity contribution < 1.29 is 9.53 Å². The van der Waals surface area contributed by atoms with Gasteiger partial charge in [-0.1, -0.05) is 23.7 Å². The van der Waals surface area contributed by atoms with Crippen LogP contribution in [0.4, 0.5) is 5.69 Å². The minimum atomic E-state index is -0.0715. The number of amides is 1. The summed E-state index contributed by atoms with van der Waals surface area (Å²) in [6, 6.07) is 8.01. The quantitative estimate of drug-likeness (QED) is 0.851. The van der Waals surface area contributed by atoms with Gasteiger partial charge in [0, 0.05) is 33.2 Å². The van der Waals surface area contributed by atoms with Crippen molar-refractivity contribution in [3.05, 3.63) is 41.2 Å². The number of hydrogen-bond donors (Lipinski definition) is 0. The fourth-order valence-electron chi connectivity index (χ4n) is 2.95. The second kappa shape index (κ2) is 7.13. The van der Waals surface area contributed by atoms with Crippen molar-refractivity contribution in [3.8, 4) is 5.75 Å². The molecule has 2 heterocycles. The number of carbonyl (C=O) groups is 1. The zero-order valence-electron chi connectivity index (χ0n) is 13.9. The molecule has 1 aliphatic rings. The molecule has 1 saturated heterocycles. The summed E-state index contributed by atoms with van der Waals surface area (Å²) >= 11 is 6.08. The fourth-order valence-corrected chi connectivity index (χ4v) is 3.19. The zero-order chi connectivity index (χ0) is 17.1. The van der Waals surface area contributed by atoms with Gasteiger partial charge >= 0.3 is 0 Å². The molecule has 2 aromatic rings. The van der Waals surface area contributed by atoms with Crippen LogP contribution in [-0.2, 0) is 7.05 Å². The molecule has 0 N–H and O–H groups in total. The summed E-state index contributed by atoms with van der Waals surface area (Å²) in [5, 5.41) is 4.43. The van der Waals surface area contributed by atoms with Crippen LogP contribution in [0.15, 0.2) is 30.5 Å². The Balaban J connectivity index is 1.69. The average molecular weight is 349 g/mol. The lowest BCUT2D eigenvalue weighted by atomic mass is 10.2. The van der Waals surface area contributed by atoms with Gasteiger partial charge in [0.2, 0.25) is 0 Å². The highest BCUT2D eigenvalue weighted by Crippen LogP contribution is 2.29. The van der Waals surface area contributed by atoms with E-state index in [0.29, 0.717) is 30.4 Å². The van der Waals surface area contributed by atoms with E-state index >= 15 is 0 Å². The van der Waals surface area contributed by atoms with Crippen molar-refractivity contribution in [1.29, 1.82) is 0 Å². The van der Waals surface area contributed by atoms with E-state index < -0.39 is 0 Å². The average Bonchev–Trinajstić information content (AvgIpc) is 2.94. The highest BCUT2D eigenvalue weighted by atomic mass is 35.5. The van der Waals surface area contributed by atoms with Crippen LogP contribution in [0.25, 0.3) is 0 Å². The predicted octanol–water partition coefficient (Wildman–Crippen LogP) is 2.43. The number of nitrogens with zero attached hydrogens (tertiary/aromatic N) is 4. The maximum Gasteiger partial charge on any atom is 0.273 e. The molecule has 1 aromatic heterocycles. The van der Waals surface area contributed by atoms with Gasteiger partial charge in [0.25, 0.3) is 5.91 Å². The van der Waals surface area contributed by atoms with E-state index in [0.717, 1.165) is 24.5 Å². The maximum atomic E-state index is 12.7. The molecule has 7 heteroatoms. The van der Waals surface area contributed by atoms with Crippen LogP contribution in [0.3, 0.4) is 0 Å². The van der Waals surface area contributed by atoms with Gasteiger partial charge in [0.05, 0.1) is 23.5 Å². The summed E-state index contributed by atoms with van der Waals surface area (Å²) in [6.45, 7) is 5.40. The number of carbonyl (C=O) groups excluding carboxylic acids is 1. The standard InChI is InChI=1S/C17H21ClN4O2/c1-3-24-15-7-5-4-6-14(15)21-8-10-22(11-9-21)17(23)16-13(18)12-19-20(16)2/h4-7,12H,3,8-11H2,1-2H3. The number of anilines is 1. The maximum absolute atomic E-state index is 12.7. The summed E-state index contributed by atoms with van der Waals surface area (Å²) in [7, 11) is 1.73. The first kappa shape index (κ1) is 16.6. The van der Waals surface area contributed by atoms with Gasteiger partial charge in [-0.25, -0.2) is 0 Å². The number of ether oxygens (including phenoxy) is 1. The molecular formula is C17H21ClN4O2. The van der Waals surface area contributed by atoms with Crippen LogP contribution in [-0.4, -0.2) is 53.4 Å². The first-order chi connectivity index (χ1) is 11.6. The van der Waals surface area contributed by atoms with E-state index in [-0.39, 0.29) is 5.91 Å². The molecule has 0 aliphatic carbocycles. The molecule has 6 nitrogen and oxygen atoms in total. The smallest absolute Gasteiger partial charge is 0.273 e. The van der Waals surface area contributed by atoms with Crippen molar-refractivity contribution >= 4 is 23.2 Å². The number of rotatable bonds is 4. The molecule has 1 aliphatic heterocycles. The van der Waals surface area contributed by atoms with Crippen molar-refractivity contribution in [2.24, 2.45) is 7.05 Å². The molecule has 3 rings (SSSR count). The molecule has 24 heavy (non-hydrogen) atoms. The number of halogens is 1. The van der Waals surface area contributed by atoms with Gasteiger partial charge in [-0.3, -0.25) is 9.48 Å². The molecule has 0 radical (unpaired) electrons. The predicted molar refractivity (Wildman–Crippen MR) is 93.9 cm³/mol. The Labute approximate surface area is 146 Å². The molecule has 1 aromatic carbocycles. The van der Waals surface area contributed by atoms with E-state index in [1.165, 1.54) is 10.9 Å². The molecule has 1 fully saturated rings. The Kier molecular flexibility index (Phi) is 4.94. The Morgan fingerprint density at radius 1 is 1.25 bits per heavy atom. The molecule has 0 unspecified atom stereocenters. The third kappa shape index (κ3) is 3.19. The SMILES string of the molecule is CCOc1ccccc1N1CCN(C(=O)c2c(Cl)cnn2C)CC1. The Morgan fingerprint density at radius 3 is 2.58 bits per heavy atom. The minimum Gasteiger partial charge on any atom is -0.492 e. The van der Waals surface area contributed by atoms with Gasteiger partial charge in [-0.05, 0) is 19.1 Å². The fraction of sp³-hybridized carbons (Fsp3) is 0.412. The molecule has 0 atom stereocenters. The number of para-hydroxylation sites is 2. The lowest BCUT2D eigenvalue weighted by Crippen LogP contribution is -2.49. The molecule has 1 amide bonds. The van der Waals surface area contributed by atoms with E-state index in [4.69, 9.17) is 16.3 Å². The van der Waals surface area contributed by atoms with Gasteiger partial charge in [-0.2, -0.15) is 5.10 Å². The molecule has 0 spiro atoms. The Bertz CT molecular complexity index is 704. The molecule has 128 valence electrons. The molecular weight excluding hydrogens is 328 g/mol. The highest BCUT2D eigenvalue weighted by Gasteiger charge is 2.26. The monoisotopic (exact) mass is 348 g/mol.